The Labute approximate surface area is 165 Å². The van der Waals surface area contributed by atoms with E-state index in [1.165, 1.54) is 10.5 Å². The normalized spacial score (nSPS) is 20.6. The standard InChI is InChI=1S/C22H26N2O4/c1-26-18-7-4-16(5-8-18)14-23-22(25)15-24-10-2-3-19(24)17-6-9-20-21(13-17)28-12-11-27-20/h4-9,13,19H,2-3,10-12,14-15H2,1H3,(H,23,25)/p+1/t19-/m0/s1. The zero-order valence-corrected chi connectivity index (χ0v) is 16.2. The number of carbonyl (C=O) groups excluding carboxylic acids is 1. The van der Waals surface area contributed by atoms with Crippen LogP contribution in [-0.4, -0.2) is 39.3 Å². The molecule has 148 valence electrons. The number of benzene rings is 2. The van der Waals surface area contributed by atoms with Gasteiger partial charge in [0, 0.05) is 24.9 Å². The topological polar surface area (TPSA) is 61.2 Å². The molecule has 6 heteroatoms. The molecule has 2 aromatic carbocycles. The summed E-state index contributed by atoms with van der Waals surface area (Å²) in [6.07, 6.45) is 2.21. The molecule has 2 heterocycles. The van der Waals surface area contributed by atoms with Crippen LogP contribution in [0, 0.1) is 0 Å². The first-order valence-corrected chi connectivity index (χ1v) is 9.86. The van der Waals surface area contributed by atoms with Gasteiger partial charge in [0.05, 0.1) is 13.7 Å². The van der Waals surface area contributed by atoms with Crippen LogP contribution in [0.4, 0.5) is 0 Å². The first kappa shape index (κ1) is 18.6. The van der Waals surface area contributed by atoms with Crippen molar-refractivity contribution >= 4 is 5.91 Å². The summed E-state index contributed by atoms with van der Waals surface area (Å²) in [5, 5.41) is 3.04. The van der Waals surface area contributed by atoms with Gasteiger partial charge in [-0.15, -0.1) is 0 Å². The Balaban J connectivity index is 1.35. The largest absolute Gasteiger partial charge is 0.497 e. The average molecular weight is 383 g/mol. The molecule has 2 aliphatic heterocycles. The minimum Gasteiger partial charge on any atom is -0.497 e. The van der Waals surface area contributed by atoms with Crippen molar-refractivity contribution in [2.75, 3.05) is 33.4 Å². The van der Waals surface area contributed by atoms with E-state index in [4.69, 9.17) is 14.2 Å². The molecule has 0 aliphatic carbocycles. The van der Waals surface area contributed by atoms with Gasteiger partial charge in [-0.3, -0.25) is 4.79 Å². The van der Waals surface area contributed by atoms with Gasteiger partial charge in [0.2, 0.25) is 0 Å². The zero-order valence-electron chi connectivity index (χ0n) is 16.2. The molecule has 1 fully saturated rings. The molecule has 0 bridgehead atoms. The monoisotopic (exact) mass is 383 g/mol. The van der Waals surface area contributed by atoms with Crippen LogP contribution in [0.3, 0.4) is 0 Å². The lowest BCUT2D eigenvalue weighted by molar-refractivity contribution is -0.910. The van der Waals surface area contributed by atoms with Crippen molar-refractivity contribution in [3.63, 3.8) is 0 Å². The minimum absolute atomic E-state index is 0.0789. The van der Waals surface area contributed by atoms with E-state index in [2.05, 4.69) is 17.4 Å². The second kappa shape index (κ2) is 8.52. The molecule has 0 aromatic heterocycles. The van der Waals surface area contributed by atoms with Crippen LogP contribution in [0.25, 0.3) is 0 Å². The summed E-state index contributed by atoms with van der Waals surface area (Å²) in [7, 11) is 1.65. The van der Waals surface area contributed by atoms with Gasteiger partial charge in [-0.25, -0.2) is 0 Å². The van der Waals surface area contributed by atoms with Gasteiger partial charge in [-0.2, -0.15) is 0 Å². The number of carbonyl (C=O) groups is 1. The van der Waals surface area contributed by atoms with Crippen LogP contribution < -0.4 is 24.4 Å². The molecule has 2 aliphatic rings. The molecule has 0 radical (unpaired) electrons. The quantitative estimate of drug-likeness (QED) is 0.794. The van der Waals surface area contributed by atoms with E-state index >= 15 is 0 Å². The van der Waals surface area contributed by atoms with Crippen molar-refractivity contribution in [1.29, 1.82) is 0 Å². The number of quaternary nitrogens is 1. The van der Waals surface area contributed by atoms with E-state index in [-0.39, 0.29) is 5.91 Å². The van der Waals surface area contributed by atoms with E-state index in [9.17, 15) is 4.79 Å². The molecule has 0 saturated carbocycles. The lowest BCUT2D eigenvalue weighted by atomic mass is 10.0. The molecule has 1 unspecified atom stereocenters. The third-order valence-electron chi connectivity index (χ3n) is 5.49. The highest BCUT2D eigenvalue weighted by Gasteiger charge is 2.32. The van der Waals surface area contributed by atoms with Crippen molar-refractivity contribution in [3.8, 4) is 17.2 Å². The van der Waals surface area contributed by atoms with Gasteiger partial charge in [0.1, 0.15) is 25.0 Å². The zero-order chi connectivity index (χ0) is 19.3. The third kappa shape index (κ3) is 4.22. The number of hydrogen-bond donors (Lipinski definition) is 2. The summed E-state index contributed by atoms with van der Waals surface area (Å²) >= 11 is 0. The summed E-state index contributed by atoms with van der Waals surface area (Å²) in [5.74, 6) is 2.53. The predicted octanol–water partition coefficient (Wildman–Crippen LogP) is 1.50. The fourth-order valence-electron chi connectivity index (χ4n) is 4.02. The number of rotatable bonds is 6. The molecule has 1 amide bonds. The Morgan fingerprint density at radius 3 is 2.71 bits per heavy atom. The van der Waals surface area contributed by atoms with E-state index in [0.29, 0.717) is 32.3 Å². The first-order valence-electron chi connectivity index (χ1n) is 9.86. The van der Waals surface area contributed by atoms with Gasteiger partial charge in [-0.1, -0.05) is 12.1 Å². The molecule has 4 rings (SSSR count). The fourth-order valence-corrected chi connectivity index (χ4v) is 4.02. The molecule has 2 aromatic rings. The summed E-state index contributed by atoms with van der Waals surface area (Å²) < 4.78 is 16.5. The molecule has 28 heavy (non-hydrogen) atoms. The van der Waals surface area contributed by atoms with Crippen LogP contribution >= 0.6 is 0 Å². The van der Waals surface area contributed by atoms with Crippen LogP contribution in [0.2, 0.25) is 0 Å². The number of fused-ring (bicyclic) bond motifs is 1. The van der Waals surface area contributed by atoms with E-state index in [1.807, 2.05) is 30.3 Å². The highest BCUT2D eigenvalue weighted by molar-refractivity contribution is 5.76. The fraction of sp³-hybridized carbons (Fsp3) is 0.409. The SMILES string of the molecule is COc1ccc(CNC(=O)C[NH+]2CCC[C@H]2c2ccc3c(c2)OCCO3)cc1. The smallest absolute Gasteiger partial charge is 0.275 e. The number of hydrogen-bond acceptors (Lipinski definition) is 4. The third-order valence-corrected chi connectivity index (χ3v) is 5.49. The first-order chi connectivity index (χ1) is 13.7. The van der Waals surface area contributed by atoms with Crippen LogP contribution in [0.1, 0.15) is 30.0 Å². The Morgan fingerprint density at radius 1 is 1.14 bits per heavy atom. The maximum atomic E-state index is 12.5. The predicted molar refractivity (Wildman–Crippen MR) is 105 cm³/mol. The second-order valence-corrected chi connectivity index (χ2v) is 7.31. The summed E-state index contributed by atoms with van der Waals surface area (Å²) in [6, 6.07) is 14.3. The van der Waals surface area contributed by atoms with Gasteiger partial charge >= 0.3 is 0 Å². The molecule has 2 N–H and O–H groups in total. The number of amides is 1. The summed E-state index contributed by atoms with van der Waals surface area (Å²) in [4.78, 5) is 13.8. The highest BCUT2D eigenvalue weighted by atomic mass is 16.6. The van der Waals surface area contributed by atoms with Crippen molar-refractivity contribution in [2.24, 2.45) is 0 Å². The van der Waals surface area contributed by atoms with Crippen LogP contribution in [-0.2, 0) is 11.3 Å². The summed E-state index contributed by atoms with van der Waals surface area (Å²) in [6.45, 7) is 3.21. The van der Waals surface area contributed by atoms with E-state index in [1.54, 1.807) is 7.11 Å². The second-order valence-electron chi connectivity index (χ2n) is 7.31. The molecular weight excluding hydrogens is 356 g/mol. The molecule has 1 saturated heterocycles. The maximum absolute atomic E-state index is 12.5. The number of likely N-dealkylation sites (tertiary alicyclic amines) is 1. The minimum atomic E-state index is 0.0789. The number of methoxy groups -OCH3 is 1. The lowest BCUT2D eigenvalue weighted by Crippen LogP contribution is -3.11. The van der Waals surface area contributed by atoms with Gasteiger partial charge in [0.25, 0.3) is 5.91 Å². The summed E-state index contributed by atoms with van der Waals surface area (Å²) in [5.41, 5.74) is 2.29. The van der Waals surface area contributed by atoms with Crippen molar-refractivity contribution in [3.05, 3.63) is 53.6 Å². The number of ether oxygens (including phenoxy) is 3. The van der Waals surface area contributed by atoms with E-state index in [0.717, 1.165) is 42.2 Å². The Bertz CT molecular complexity index is 822. The Hall–Kier alpha value is -2.73. The molecule has 6 nitrogen and oxygen atoms in total. The molecule has 2 atom stereocenters. The van der Waals surface area contributed by atoms with Crippen molar-refractivity contribution in [1.82, 2.24) is 5.32 Å². The highest BCUT2D eigenvalue weighted by Crippen LogP contribution is 2.33. The number of nitrogens with one attached hydrogen (secondary N) is 2. The van der Waals surface area contributed by atoms with Gasteiger partial charge in [-0.05, 0) is 35.9 Å². The van der Waals surface area contributed by atoms with E-state index < -0.39 is 0 Å². The van der Waals surface area contributed by atoms with Crippen molar-refractivity contribution < 1.29 is 23.9 Å². The van der Waals surface area contributed by atoms with Crippen LogP contribution in [0.5, 0.6) is 17.2 Å². The average Bonchev–Trinajstić information content (AvgIpc) is 3.20. The van der Waals surface area contributed by atoms with Crippen molar-refractivity contribution in [2.45, 2.75) is 25.4 Å². The lowest BCUT2D eigenvalue weighted by Gasteiger charge is -2.24. The van der Waals surface area contributed by atoms with Gasteiger partial charge < -0.3 is 24.4 Å². The maximum Gasteiger partial charge on any atom is 0.275 e. The Morgan fingerprint density at radius 2 is 1.93 bits per heavy atom. The van der Waals surface area contributed by atoms with Gasteiger partial charge in [0.15, 0.2) is 18.0 Å². The van der Waals surface area contributed by atoms with Crippen LogP contribution in [0.15, 0.2) is 42.5 Å². The molecular formula is C22H27N2O4+. The Kier molecular flexibility index (Phi) is 5.67. The molecule has 0 spiro atoms.